The van der Waals surface area contributed by atoms with Crippen LogP contribution in [0.4, 0.5) is 0 Å². The van der Waals surface area contributed by atoms with Crippen LogP contribution in [0, 0.1) is 13.8 Å². The van der Waals surface area contributed by atoms with E-state index in [0.717, 1.165) is 24.6 Å². The number of likely N-dealkylation sites (tertiary alicyclic amines) is 1. The van der Waals surface area contributed by atoms with Crippen molar-refractivity contribution in [3.63, 3.8) is 0 Å². The summed E-state index contributed by atoms with van der Waals surface area (Å²) < 4.78 is 2.21. The number of aromatic nitrogens is 2. The van der Waals surface area contributed by atoms with Crippen molar-refractivity contribution in [1.29, 1.82) is 0 Å². The second-order valence-corrected chi connectivity index (χ2v) is 9.01. The largest absolute Gasteiger partial charge is 0.303 e. The second kappa shape index (κ2) is 9.13. The number of aryl methyl sites for hydroxylation is 2. The Morgan fingerprint density at radius 1 is 0.812 bits per heavy atom. The van der Waals surface area contributed by atoms with Gasteiger partial charge in [0.2, 0.25) is 0 Å². The Hall–Kier alpha value is -3.17. The highest BCUT2D eigenvalue weighted by molar-refractivity contribution is 5.60. The first-order chi connectivity index (χ1) is 15.7. The molecule has 0 aliphatic carbocycles. The third kappa shape index (κ3) is 4.39. The van der Waals surface area contributed by atoms with Crippen LogP contribution in [-0.2, 0) is 6.54 Å². The lowest BCUT2D eigenvalue weighted by molar-refractivity contribution is 0.200. The molecule has 162 valence electrons. The van der Waals surface area contributed by atoms with Crippen molar-refractivity contribution in [3.8, 4) is 17.1 Å². The third-order valence-electron chi connectivity index (χ3n) is 6.67. The molecule has 3 nitrogen and oxygen atoms in total. The molecule has 1 aliphatic rings. The van der Waals surface area contributed by atoms with E-state index < -0.39 is 0 Å². The summed E-state index contributed by atoms with van der Waals surface area (Å²) in [7, 11) is 0. The molecule has 0 spiro atoms. The maximum atomic E-state index is 4.96. The Kier molecular flexibility index (Phi) is 5.91. The zero-order chi connectivity index (χ0) is 21.9. The van der Waals surface area contributed by atoms with Gasteiger partial charge in [0.05, 0.1) is 5.69 Å². The van der Waals surface area contributed by atoms with Crippen LogP contribution in [0.2, 0.25) is 0 Å². The molecule has 3 heterocycles. The maximum Gasteiger partial charge on any atom is 0.137 e. The van der Waals surface area contributed by atoms with E-state index in [1.807, 2.05) is 0 Å². The highest BCUT2D eigenvalue weighted by Crippen LogP contribution is 2.30. The second-order valence-electron chi connectivity index (χ2n) is 9.01. The van der Waals surface area contributed by atoms with Gasteiger partial charge < -0.3 is 4.57 Å². The minimum absolute atomic E-state index is 0.603. The summed E-state index contributed by atoms with van der Waals surface area (Å²) in [4.78, 5) is 7.56. The first-order valence-electron chi connectivity index (χ1n) is 11.7. The van der Waals surface area contributed by atoms with Gasteiger partial charge in [-0.15, -0.1) is 0 Å². The van der Waals surface area contributed by atoms with Gasteiger partial charge in [0, 0.05) is 30.0 Å². The topological polar surface area (TPSA) is 21.1 Å². The van der Waals surface area contributed by atoms with Crippen molar-refractivity contribution in [1.82, 2.24) is 14.5 Å². The van der Waals surface area contributed by atoms with Crippen LogP contribution in [0.5, 0.6) is 0 Å². The van der Waals surface area contributed by atoms with Crippen LogP contribution in [0.15, 0.2) is 84.9 Å². The number of benzene rings is 2. The fourth-order valence-corrected chi connectivity index (χ4v) is 4.98. The van der Waals surface area contributed by atoms with Gasteiger partial charge in [0.15, 0.2) is 0 Å². The van der Waals surface area contributed by atoms with Crippen LogP contribution < -0.4 is 0 Å². The fraction of sp³-hybridized carbons (Fsp3) is 0.276. The van der Waals surface area contributed by atoms with Crippen LogP contribution in [0.3, 0.4) is 0 Å². The molecule has 2 aromatic carbocycles. The Balaban J connectivity index is 1.32. The normalized spacial score (nSPS) is 16.9. The van der Waals surface area contributed by atoms with E-state index in [2.05, 4.69) is 108 Å². The molecule has 2 aromatic heterocycles. The van der Waals surface area contributed by atoms with Crippen LogP contribution >= 0.6 is 0 Å². The molecule has 0 saturated carbocycles. The molecule has 5 rings (SSSR count). The number of rotatable bonds is 5. The Morgan fingerprint density at radius 2 is 1.56 bits per heavy atom. The van der Waals surface area contributed by atoms with E-state index in [-0.39, 0.29) is 0 Å². The molecule has 0 N–H and O–H groups in total. The lowest BCUT2D eigenvalue weighted by Gasteiger charge is -2.33. The fourth-order valence-electron chi connectivity index (χ4n) is 4.98. The Morgan fingerprint density at radius 3 is 2.31 bits per heavy atom. The van der Waals surface area contributed by atoms with Crippen LogP contribution in [0.1, 0.15) is 41.3 Å². The van der Waals surface area contributed by atoms with Crippen molar-refractivity contribution < 1.29 is 0 Å². The molecule has 0 bridgehead atoms. The van der Waals surface area contributed by atoms with Gasteiger partial charge >= 0.3 is 0 Å². The molecule has 32 heavy (non-hydrogen) atoms. The van der Waals surface area contributed by atoms with Gasteiger partial charge in [0.1, 0.15) is 5.82 Å². The first-order valence-corrected chi connectivity index (χ1v) is 11.7. The zero-order valence-electron chi connectivity index (χ0n) is 19.0. The number of nitrogens with zero attached hydrogens (tertiary/aromatic N) is 3. The van der Waals surface area contributed by atoms with E-state index in [0.29, 0.717) is 5.92 Å². The average molecular weight is 422 g/mol. The summed E-state index contributed by atoms with van der Waals surface area (Å²) in [5.74, 6) is 1.58. The van der Waals surface area contributed by atoms with Gasteiger partial charge in [-0.1, -0.05) is 60.7 Å². The molecule has 1 atom stereocenters. The molecule has 1 saturated heterocycles. The zero-order valence-corrected chi connectivity index (χ0v) is 19.0. The van der Waals surface area contributed by atoms with Gasteiger partial charge in [-0.05, 0) is 74.5 Å². The summed E-state index contributed by atoms with van der Waals surface area (Å²) in [6.07, 6.45) is 2.53. The standard InChI is InChI=1S/C29H31N3/c1-22-13-14-23(2)32(22)29-12-6-11-28(30-29)26-17-15-25(16-18-26)27-10-7-19-31(21-27)20-24-8-4-3-5-9-24/h3-6,8-9,11-18,27H,7,10,19-21H2,1-2H3. The lowest BCUT2D eigenvalue weighted by Crippen LogP contribution is -2.33. The van der Waals surface area contributed by atoms with Crippen molar-refractivity contribution in [3.05, 3.63) is 107 Å². The summed E-state index contributed by atoms with van der Waals surface area (Å²) in [6.45, 7) is 7.62. The summed E-state index contributed by atoms with van der Waals surface area (Å²) in [6, 6.07) is 30.5. The SMILES string of the molecule is Cc1ccc(C)n1-c1cccc(-c2ccc(C3CCCN(Cc4ccccc4)C3)cc2)n1. The lowest BCUT2D eigenvalue weighted by atomic mass is 9.89. The van der Waals surface area contributed by atoms with Gasteiger partial charge in [-0.2, -0.15) is 0 Å². The van der Waals surface area contributed by atoms with E-state index >= 15 is 0 Å². The van der Waals surface area contributed by atoms with Gasteiger partial charge in [0.25, 0.3) is 0 Å². The predicted molar refractivity (Wildman–Crippen MR) is 132 cm³/mol. The molecule has 4 aromatic rings. The number of pyridine rings is 1. The van der Waals surface area contributed by atoms with Crippen molar-refractivity contribution in [2.45, 2.75) is 39.2 Å². The Bertz CT molecular complexity index is 1160. The highest BCUT2D eigenvalue weighted by atomic mass is 15.1. The number of piperidine rings is 1. The number of hydrogen-bond donors (Lipinski definition) is 0. The van der Waals surface area contributed by atoms with E-state index in [4.69, 9.17) is 4.98 Å². The summed E-state index contributed by atoms with van der Waals surface area (Å²) in [5, 5.41) is 0. The maximum absolute atomic E-state index is 4.96. The van der Waals surface area contributed by atoms with Gasteiger partial charge in [-0.3, -0.25) is 4.90 Å². The molecule has 3 heteroatoms. The number of hydrogen-bond acceptors (Lipinski definition) is 2. The van der Waals surface area contributed by atoms with Gasteiger partial charge in [-0.25, -0.2) is 4.98 Å². The molecular weight excluding hydrogens is 390 g/mol. The van der Waals surface area contributed by atoms with Crippen LogP contribution in [0.25, 0.3) is 17.1 Å². The minimum atomic E-state index is 0.603. The highest BCUT2D eigenvalue weighted by Gasteiger charge is 2.21. The molecular formula is C29H31N3. The van der Waals surface area contributed by atoms with E-state index in [9.17, 15) is 0 Å². The smallest absolute Gasteiger partial charge is 0.137 e. The summed E-state index contributed by atoms with van der Waals surface area (Å²) >= 11 is 0. The molecule has 0 amide bonds. The monoisotopic (exact) mass is 421 g/mol. The third-order valence-corrected chi connectivity index (χ3v) is 6.67. The average Bonchev–Trinajstić information content (AvgIpc) is 3.18. The molecule has 0 radical (unpaired) electrons. The molecule has 1 aliphatic heterocycles. The Labute approximate surface area is 191 Å². The minimum Gasteiger partial charge on any atom is -0.303 e. The van der Waals surface area contributed by atoms with E-state index in [1.54, 1.807) is 0 Å². The summed E-state index contributed by atoms with van der Waals surface area (Å²) in [5.41, 5.74) is 7.47. The quantitative estimate of drug-likeness (QED) is 0.365. The molecule has 1 unspecified atom stereocenters. The van der Waals surface area contributed by atoms with Crippen molar-refractivity contribution in [2.75, 3.05) is 13.1 Å². The van der Waals surface area contributed by atoms with Crippen molar-refractivity contribution >= 4 is 0 Å². The predicted octanol–water partition coefficient (Wildman–Crippen LogP) is 6.54. The first kappa shape index (κ1) is 20.7. The van der Waals surface area contributed by atoms with E-state index in [1.165, 1.54) is 47.5 Å². The van der Waals surface area contributed by atoms with Crippen molar-refractivity contribution in [2.24, 2.45) is 0 Å². The molecule has 1 fully saturated rings. The van der Waals surface area contributed by atoms with Crippen LogP contribution in [-0.4, -0.2) is 27.5 Å².